The number of carbonyl (C=O) groups is 1. The van der Waals surface area contributed by atoms with Gasteiger partial charge in [-0.25, -0.2) is 0 Å². The van der Waals surface area contributed by atoms with Gasteiger partial charge < -0.3 is 4.74 Å². The van der Waals surface area contributed by atoms with Gasteiger partial charge in [-0.1, -0.05) is 13.8 Å². The van der Waals surface area contributed by atoms with Crippen LogP contribution in [0.25, 0.3) is 0 Å². The maximum Gasteiger partial charge on any atom is 0.148 e. The Morgan fingerprint density at radius 1 is 1.43 bits per heavy atom. The summed E-state index contributed by atoms with van der Waals surface area (Å²) in [7, 11) is 0. The molecule has 1 saturated heterocycles. The van der Waals surface area contributed by atoms with Gasteiger partial charge in [0, 0.05) is 26.1 Å². The topological polar surface area (TPSA) is 29.5 Å². The number of hydrogen-bond donors (Lipinski definition) is 0. The molecule has 0 aliphatic carbocycles. The van der Waals surface area contributed by atoms with Crippen LogP contribution in [0, 0.1) is 5.92 Å². The van der Waals surface area contributed by atoms with Crippen LogP contribution >= 0.6 is 0 Å². The molecular formula is C11H21NO2. The third-order valence-corrected chi connectivity index (χ3v) is 2.50. The molecule has 3 nitrogen and oxygen atoms in total. The highest BCUT2D eigenvalue weighted by atomic mass is 16.5. The molecule has 0 atom stereocenters. The van der Waals surface area contributed by atoms with Gasteiger partial charge in [-0.05, 0) is 12.3 Å². The number of ether oxygens (including phenoxy) is 1. The van der Waals surface area contributed by atoms with Gasteiger partial charge in [0.05, 0.1) is 13.2 Å². The molecule has 0 unspecified atom stereocenters. The average Bonchev–Trinajstić information content (AvgIpc) is 2.50. The highest BCUT2D eigenvalue weighted by Crippen LogP contribution is 2.03. The number of hydrogen-bond acceptors (Lipinski definition) is 3. The van der Waals surface area contributed by atoms with Crippen LogP contribution in [0.5, 0.6) is 0 Å². The molecule has 1 rings (SSSR count). The molecule has 0 amide bonds. The number of likely N-dealkylation sites (tertiary alicyclic amines) is 1. The highest BCUT2D eigenvalue weighted by Gasteiger charge is 2.18. The van der Waals surface area contributed by atoms with Gasteiger partial charge in [-0.15, -0.1) is 0 Å². The van der Waals surface area contributed by atoms with Crippen molar-refractivity contribution in [1.29, 1.82) is 0 Å². The van der Waals surface area contributed by atoms with E-state index in [0.29, 0.717) is 18.2 Å². The average molecular weight is 199 g/mol. The quantitative estimate of drug-likeness (QED) is 0.604. The van der Waals surface area contributed by atoms with Crippen molar-refractivity contribution in [3.8, 4) is 0 Å². The summed E-state index contributed by atoms with van der Waals surface area (Å²) in [6.45, 7) is 8.47. The highest BCUT2D eigenvalue weighted by molar-refractivity contribution is 5.82. The van der Waals surface area contributed by atoms with Crippen molar-refractivity contribution in [3.63, 3.8) is 0 Å². The second-order valence-corrected chi connectivity index (χ2v) is 4.36. The maximum absolute atomic E-state index is 10.9. The lowest BCUT2D eigenvalue weighted by Crippen LogP contribution is -2.25. The fraction of sp³-hybridized carbons (Fsp3) is 0.909. The SMILES string of the molecule is CC(C)CCOCCN1CCC(=O)C1. The van der Waals surface area contributed by atoms with Crippen molar-refractivity contribution in [2.45, 2.75) is 26.7 Å². The molecule has 0 aromatic rings. The normalized spacial score (nSPS) is 18.4. The van der Waals surface area contributed by atoms with Crippen LogP contribution in [0.1, 0.15) is 26.7 Å². The van der Waals surface area contributed by atoms with E-state index < -0.39 is 0 Å². The van der Waals surface area contributed by atoms with E-state index in [1.165, 1.54) is 0 Å². The van der Waals surface area contributed by atoms with Crippen LogP contribution in [-0.2, 0) is 9.53 Å². The summed E-state index contributed by atoms with van der Waals surface area (Å²) in [4.78, 5) is 13.1. The summed E-state index contributed by atoms with van der Waals surface area (Å²) in [6.07, 6.45) is 1.85. The Hall–Kier alpha value is -0.410. The van der Waals surface area contributed by atoms with Crippen molar-refractivity contribution in [2.75, 3.05) is 32.8 Å². The van der Waals surface area contributed by atoms with Crippen LogP contribution in [0.4, 0.5) is 0 Å². The van der Waals surface area contributed by atoms with Gasteiger partial charge in [0.15, 0.2) is 0 Å². The lowest BCUT2D eigenvalue weighted by molar-refractivity contribution is -0.116. The van der Waals surface area contributed by atoms with E-state index in [-0.39, 0.29) is 0 Å². The molecule has 0 saturated carbocycles. The zero-order chi connectivity index (χ0) is 10.4. The first kappa shape index (κ1) is 11.7. The van der Waals surface area contributed by atoms with Crippen molar-refractivity contribution in [2.24, 2.45) is 5.92 Å². The molecular weight excluding hydrogens is 178 g/mol. The van der Waals surface area contributed by atoms with Gasteiger partial charge in [0.25, 0.3) is 0 Å². The van der Waals surface area contributed by atoms with E-state index in [2.05, 4.69) is 18.7 Å². The number of Topliss-reactive ketones (excluding diaryl/α,β-unsaturated/α-hetero) is 1. The standard InChI is InChI=1S/C11H21NO2/c1-10(2)4-7-14-8-6-12-5-3-11(13)9-12/h10H,3-9H2,1-2H3. The first-order valence-corrected chi connectivity index (χ1v) is 5.50. The second kappa shape index (κ2) is 6.14. The Bertz CT molecular complexity index is 180. The molecule has 3 heteroatoms. The summed E-state index contributed by atoms with van der Waals surface area (Å²) in [5.74, 6) is 1.08. The Labute approximate surface area is 86.4 Å². The van der Waals surface area contributed by atoms with E-state index in [9.17, 15) is 4.79 Å². The number of rotatable bonds is 6. The van der Waals surface area contributed by atoms with E-state index in [1.54, 1.807) is 0 Å². The first-order valence-electron chi connectivity index (χ1n) is 5.50. The van der Waals surface area contributed by atoms with Gasteiger partial charge in [-0.2, -0.15) is 0 Å². The van der Waals surface area contributed by atoms with Crippen LogP contribution < -0.4 is 0 Å². The molecule has 0 bridgehead atoms. The molecule has 0 radical (unpaired) electrons. The van der Waals surface area contributed by atoms with Crippen molar-refractivity contribution in [1.82, 2.24) is 4.90 Å². The van der Waals surface area contributed by atoms with Crippen LogP contribution in [0.3, 0.4) is 0 Å². The van der Waals surface area contributed by atoms with Gasteiger partial charge >= 0.3 is 0 Å². The molecule has 0 aromatic carbocycles. The predicted octanol–water partition coefficient (Wildman–Crippen LogP) is 1.32. The minimum absolute atomic E-state index is 0.368. The minimum Gasteiger partial charge on any atom is -0.380 e. The van der Waals surface area contributed by atoms with Crippen LogP contribution in [0.2, 0.25) is 0 Å². The van der Waals surface area contributed by atoms with Gasteiger partial charge in [0.2, 0.25) is 0 Å². The van der Waals surface area contributed by atoms with Crippen molar-refractivity contribution < 1.29 is 9.53 Å². The van der Waals surface area contributed by atoms with Gasteiger partial charge in [-0.3, -0.25) is 9.69 Å². The fourth-order valence-electron chi connectivity index (χ4n) is 1.50. The van der Waals surface area contributed by atoms with E-state index in [4.69, 9.17) is 4.74 Å². The third-order valence-electron chi connectivity index (χ3n) is 2.50. The summed E-state index contributed by atoms with van der Waals surface area (Å²) < 4.78 is 5.49. The van der Waals surface area contributed by atoms with Crippen molar-refractivity contribution >= 4 is 5.78 Å². The summed E-state index contributed by atoms with van der Waals surface area (Å²) >= 11 is 0. The number of carbonyl (C=O) groups excluding carboxylic acids is 1. The lowest BCUT2D eigenvalue weighted by Gasteiger charge is -2.13. The Kier molecular flexibility index (Phi) is 5.12. The van der Waals surface area contributed by atoms with E-state index in [1.807, 2.05) is 0 Å². The molecule has 1 fully saturated rings. The van der Waals surface area contributed by atoms with Crippen molar-refractivity contribution in [3.05, 3.63) is 0 Å². The molecule has 82 valence electrons. The fourth-order valence-corrected chi connectivity index (χ4v) is 1.50. The summed E-state index contributed by atoms with van der Waals surface area (Å²) in [5, 5.41) is 0. The third kappa shape index (κ3) is 4.72. The van der Waals surface area contributed by atoms with Gasteiger partial charge in [0.1, 0.15) is 5.78 Å². The Morgan fingerprint density at radius 2 is 2.21 bits per heavy atom. The van der Waals surface area contributed by atoms with Crippen LogP contribution in [0.15, 0.2) is 0 Å². The predicted molar refractivity (Wildman–Crippen MR) is 56.3 cm³/mol. The second-order valence-electron chi connectivity index (χ2n) is 4.36. The molecule has 1 heterocycles. The minimum atomic E-state index is 0.368. The van der Waals surface area contributed by atoms with E-state index in [0.717, 1.165) is 39.1 Å². The molecule has 0 aromatic heterocycles. The molecule has 14 heavy (non-hydrogen) atoms. The Balaban J connectivity index is 1.91. The number of ketones is 1. The first-order chi connectivity index (χ1) is 6.68. The largest absolute Gasteiger partial charge is 0.380 e. The number of nitrogens with zero attached hydrogens (tertiary/aromatic N) is 1. The zero-order valence-electron chi connectivity index (χ0n) is 9.29. The summed E-state index contributed by atoms with van der Waals surface area (Å²) in [6, 6.07) is 0. The summed E-state index contributed by atoms with van der Waals surface area (Å²) in [5.41, 5.74) is 0. The molecule has 1 aliphatic rings. The van der Waals surface area contributed by atoms with E-state index >= 15 is 0 Å². The molecule has 0 N–H and O–H groups in total. The zero-order valence-corrected chi connectivity index (χ0v) is 9.29. The molecule has 0 spiro atoms. The Morgan fingerprint density at radius 3 is 2.79 bits per heavy atom. The smallest absolute Gasteiger partial charge is 0.148 e. The lowest BCUT2D eigenvalue weighted by atomic mass is 10.1. The van der Waals surface area contributed by atoms with Crippen LogP contribution in [-0.4, -0.2) is 43.5 Å². The monoisotopic (exact) mass is 199 g/mol. The maximum atomic E-state index is 10.9. The molecule has 1 aliphatic heterocycles.